The molecule has 6 heteroatoms. The third-order valence-corrected chi connectivity index (χ3v) is 5.43. The number of alkyl carbamates (subject to hydrolysis) is 1. The Morgan fingerprint density at radius 3 is 2.40 bits per heavy atom. The maximum Gasteiger partial charge on any atom is 0.408 e. The molecule has 0 aliphatic heterocycles. The lowest BCUT2D eigenvalue weighted by Crippen LogP contribution is -2.55. The predicted molar refractivity (Wildman–Crippen MR) is 139 cm³/mol. The van der Waals surface area contributed by atoms with Crippen LogP contribution in [0.5, 0.6) is 0 Å². The topological polar surface area (TPSA) is 77.5 Å². The number of ether oxygens (including phenoxy) is 2. The van der Waals surface area contributed by atoms with Crippen molar-refractivity contribution in [3.8, 4) is 0 Å². The first-order valence-electron chi connectivity index (χ1n) is 11.8. The molecule has 3 rings (SSSR count). The van der Waals surface area contributed by atoms with Crippen LogP contribution in [0.15, 0.2) is 67.2 Å². The fourth-order valence-electron chi connectivity index (χ4n) is 4.02. The summed E-state index contributed by atoms with van der Waals surface area (Å²) in [5.41, 5.74) is 1.19. The summed E-state index contributed by atoms with van der Waals surface area (Å²) >= 11 is 0. The van der Waals surface area contributed by atoms with Crippen molar-refractivity contribution in [2.75, 3.05) is 0 Å². The molecule has 2 aromatic carbocycles. The second-order valence-electron chi connectivity index (χ2n) is 10.1. The maximum atomic E-state index is 13.7. The van der Waals surface area contributed by atoms with Gasteiger partial charge in [0.05, 0.1) is 17.3 Å². The van der Waals surface area contributed by atoms with E-state index in [-0.39, 0.29) is 18.1 Å². The minimum absolute atomic E-state index is 0.0868. The number of esters is 1. The standard InChI is InChI=1S/C29H34N2O4/c1-7-24-15-13-22-17-23(14-16-25(22)30-24)29(19-28(4,5)6,26(32)35-20(2)3)31-27(33)34-18-21-11-9-8-10-12-21/h7-17,20H,1,18-19H2,2-6H3,(H,31,33)/t29-/m1/s1. The van der Waals surface area contributed by atoms with Crippen molar-refractivity contribution in [3.63, 3.8) is 0 Å². The van der Waals surface area contributed by atoms with Crippen molar-refractivity contribution >= 4 is 29.0 Å². The maximum absolute atomic E-state index is 13.7. The van der Waals surface area contributed by atoms with Crippen LogP contribution in [0.3, 0.4) is 0 Å². The summed E-state index contributed by atoms with van der Waals surface area (Å²) in [6.07, 6.45) is 0.928. The number of hydrogen-bond donors (Lipinski definition) is 1. The quantitative estimate of drug-likeness (QED) is 0.383. The Hall–Kier alpha value is -3.67. The van der Waals surface area contributed by atoms with Gasteiger partial charge in [-0.2, -0.15) is 0 Å². The zero-order chi connectivity index (χ0) is 25.6. The fraction of sp³-hybridized carbons (Fsp3) is 0.345. The van der Waals surface area contributed by atoms with Crippen molar-refractivity contribution < 1.29 is 19.1 Å². The Morgan fingerprint density at radius 1 is 1.06 bits per heavy atom. The molecule has 0 aliphatic rings. The van der Waals surface area contributed by atoms with Crippen LogP contribution in [0, 0.1) is 5.41 Å². The Morgan fingerprint density at radius 2 is 1.77 bits per heavy atom. The summed E-state index contributed by atoms with van der Waals surface area (Å²) in [5, 5.41) is 3.73. The van der Waals surface area contributed by atoms with Gasteiger partial charge in [-0.3, -0.25) is 0 Å². The summed E-state index contributed by atoms with van der Waals surface area (Å²) < 4.78 is 11.2. The first-order valence-corrected chi connectivity index (χ1v) is 11.8. The second kappa shape index (κ2) is 10.7. The van der Waals surface area contributed by atoms with Gasteiger partial charge in [0.2, 0.25) is 0 Å². The minimum Gasteiger partial charge on any atom is -0.461 e. The number of carbonyl (C=O) groups excluding carboxylic acids is 2. The van der Waals surface area contributed by atoms with Crippen LogP contribution in [0.4, 0.5) is 4.79 Å². The Bertz CT molecular complexity index is 1200. The van der Waals surface area contributed by atoms with Crippen LogP contribution in [0.1, 0.15) is 57.9 Å². The van der Waals surface area contributed by atoms with E-state index in [1.807, 2.05) is 81.4 Å². The number of hydrogen-bond acceptors (Lipinski definition) is 5. The van der Waals surface area contributed by atoms with Gasteiger partial charge in [0.1, 0.15) is 6.61 Å². The van der Waals surface area contributed by atoms with Gasteiger partial charge >= 0.3 is 12.1 Å². The number of nitrogens with one attached hydrogen (secondary N) is 1. The molecule has 6 nitrogen and oxygen atoms in total. The number of fused-ring (bicyclic) bond motifs is 1. The van der Waals surface area contributed by atoms with Gasteiger partial charge in [0.15, 0.2) is 5.54 Å². The van der Waals surface area contributed by atoms with Crippen LogP contribution >= 0.6 is 0 Å². The summed E-state index contributed by atoms with van der Waals surface area (Å²) in [7, 11) is 0. The molecule has 0 saturated heterocycles. The highest BCUT2D eigenvalue weighted by molar-refractivity contribution is 5.90. The minimum atomic E-state index is -1.46. The zero-order valence-electron chi connectivity index (χ0n) is 21.1. The molecule has 1 heterocycles. The van der Waals surface area contributed by atoms with E-state index >= 15 is 0 Å². The molecule has 0 bridgehead atoms. The molecule has 1 atom stereocenters. The predicted octanol–water partition coefficient (Wildman–Crippen LogP) is 6.39. The molecule has 184 valence electrons. The molecule has 0 spiro atoms. The third kappa shape index (κ3) is 6.69. The van der Waals surface area contributed by atoms with Gasteiger partial charge in [-0.25, -0.2) is 14.6 Å². The number of pyridine rings is 1. The van der Waals surface area contributed by atoms with Crippen molar-refractivity contribution in [2.45, 2.75) is 59.3 Å². The molecule has 1 amide bonds. The first kappa shape index (κ1) is 25.9. The van der Waals surface area contributed by atoms with E-state index in [2.05, 4.69) is 16.9 Å². The average Bonchev–Trinajstić information content (AvgIpc) is 2.81. The normalized spacial score (nSPS) is 13.2. The highest BCUT2D eigenvalue weighted by atomic mass is 16.6. The highest BCUT2D eigenvalue weighted by Crippen LogP contribution is 2.38. The van der Waals surface area contributed by atoms with Crippen LogP contribution in [-0.2, 0) is 26.4 Å². The van der Waals surface area contributed by atoms with Crippen LogP contribution < -0.4 is 5.32 Å². The van der Waals surface area contributed by atoms with Gasteiger partial charge in [-0.1, -0.05) is 69.8 Å². The third-order valence-electron chi connectivity index (χ3n) is 5.43. The summed E-state index contributed by atoms with van der Waals surface area (Å²) in [5.74, 6) is -0.533. The van der Waals surface area contributed by atoms with Crippen LogP contribution in [0.2, 0.25) is 0 Å². The van der Waals surface area contributed by atoms with E-state index < -0.39 is 17.6 Å². The molecule has 0 aliphatic carbocycles. The largest absolute Gasteiger partial charge is 0.461 e. The fourth-order valence-corrected chi connectivity index (χ4v) is 4.02. The van der Waals surface area contributed by atoms with Gasteiger partial charge in [0, 0.05) is 5.39 Å². The van der Waals surface area contributed by atoms with Crippen molar-refractivity contribution in [1.82, 2.24) is 10.3 Å². The van der Waals surface area contributed by atoms with Crippen molar-refractivity contribution in [1.29, 1.82) is 0 Å². The van der Waals surface area contributed by atoms with Gasteiger partial charge in [-0.15, -0.1) is 0 Å². The van der Waals surface area contributed by atoms with E-state index in [0.29, 0.717) is 12.0 Å². The Balaban J connectivity index is 2.06. The number of benzene rings is 2. The molecule has 1 aromatic heterocycles. The lowest BCUT2D eigenvalue weighted by atomic mass is 9.75. The molecule has 0 radical (unpaired) electrons. The van der Waals surface area contributed by atoms with E-state index in [1.165, 1.54) is 0 Å². The summed E-state index contributed by atoms with van der Waals surface area (Å²) in [6, 6.07) is 18.7. The molecule has 0 saturated carbocycles. The number of carbonyl (C=O) groups is 2. The van der Waals surface area contributed by atoms with Gasteiger partial charge in [0.25, 0.3) is 0 Å². The molecule has 0 unspecified atom stereocenters. The summed E-state index contributed by atoms with van der Waals surface area (Å²) in [4.78, 5) is 31.3. The van der Waals surface area contributed by atoms with Gasteiger partial charge < -0.3 is 14.8 Å². The van der Waals surface area contributed by atoms with Crippen LogP contribution in [0.25, 0.3) is 17.0 Å². The highest BCUT2D eigenvalue weighted by Gasteiger charge is 2.47. The van der Waals surface area contributed by atoms with E-state index in [9.17, 15) is 9.59 Å². The van der Waals surface area contributed by atoms with Crippen LogP contribution in [-0.4, -0.2) is 23.2 Å². The lowest BCUT2D eigenvalue weighted by Gasteiger charge is -2.38. The molecular formula is C29H34N2O4. The van der Waals surface area contributed by atoms with Crippen molar-refractivity contribution in [2.24, 2.45) is 5.41 Å². The smallest absolute Gasteiger partial charge is 0.408 e. The lowest BCUT2D eigenvalue weighted by molar-refractivity contribution is -0.157. The molecule has 35 heavy (non-hydrogen) atoms. The average molecular weight is 475 g/mol. The monoisotopic (exact) mass is 474 g/mol. The molecule has 1 N–H and O–H groups in total. The number of rotatable bonds is 8. The summed E-state index contributed by atoms with van der Waals surface area (Å²) in [6.45, 7) is 13.5. The number of amides is 1. The second-order valence-corrected chi connectivity index (χ2v) is 10.1. The molecule has 3 aromatic rings. The Kier molecular flexibility index (Phi) is 7.95. The zero-order valence-corrected chi connectivity index (χ0v) is 21.1. The number of nitrogens with zero attached hydrogens (tertiary/aromatic N) is 1. The van der Waals surface area contributed by atoms with Gasteiger partial charge in [-0.05, 0) is 61.1 Å². The molecule has 0 fully saturated rings. The SMILES string of the molecule is C=Cc1ccc2cc([C@@](CC(C)(C)C)(NC(=O)OCc3ccccc3)C(=O)OC(C)C)ccc2n1. The van der Waals surface area contributed by atoms with E-state index in [0.717, 1.165) is 22.2 Å². The number of aromatic nitrogens is 1. The Labute approximate surface area is 207 Å². The molecular weight excluding hydrogens is 440 g/mol. The first-order chi connectivity index (χ1) is 16.5. The van der Waals surface area contributed by atoms with E-state index in [1.54, 1.807) is 19.9 Å². The van der Waals surface area contributed by atoms with E-state index in [4.69, 9.17) is 9.47 Å². The van der Waals surface area contributed by atoms with Crippen molar-refractivity contribution in [3.05, 3.63) is 84.1 Å².